The van der Waals surface area contributed by atoms with Gasteiger partial charge in [0.05, 0.1) is 6.42 Å². The van der Waals surface area contributed by atoms with E-state index in [1.165, 1.54) is 0 Å². The van der Waals surface area contributed by atoms with E-state index in [1.807, 2.05) is 0 Å². The molecule has 1 aliphatic rings. The van der Waals surface area contributed by atoms with Gasteiger partial charge in [0, 0.05) is 13.0 Å². The highest BCUT2D eigenvalue weighted by atomic mass is 16.4. The number of amides is 3. The molecule has 0 fully saturated rings. The van der Waals surface area contributed by atoms with Gasteiger partial charge >= 0.3 is 12.0 Å². The van der Waals surface area contributed by atoms with Crippen LogP contribution in [0.2, 0.25) is 0 Å². The highest BCUT2D eigenvalue weighted by Gasteiger charge is 2.26. The molecule has 0 spiro atoms. The van der Waals surface area contributed by atoms with Gasteiger partial charge in [0.15, 0.2) is 0 Å². The Bertz CT molecular complexity index is 429. The zero-order valence-corrected chi connectivity index (χ0v) is 12.6. The van der Waals surface area contributed by atoms with Crippen molar-refractivity contribution < 1.29 is 19.5 Å². The Morgan fingerprint density at radius 1 is 1.24 bits per heavy atom. The molecule has 0 heterocycles. The molecule has 0 aromatic rings. The molecule has 0 saturated heterocycles. The second kappa shape index (κ2) is 7.81. The van der Waals surface area contributed by atoms with Crippen LogP contribution < -0.4 is 10.6 Å². The number of imide groups is 1. The number of carboxylic acid groups (broad SMARTS) is 1. The molecule has 0 aromatic carbocycles. The quantitative estimate of drug-likeness (QED) is 0.654. The van der Waals surface area contributed by atoms with E-state index in [1.54, 1.807) is 13.8 Å². The second-order valence-electron chi connectivity index (χ2n) is 6.32. The third-order valence-electron chi connectivity index (χ3n) is 3.45. The van der Waals surface area contributed by atoms with E-state index in [2.05, 4.69) is 22.8 Å². The minimum absolute atomic E-state index is 0.00110. The molecule has 0 saturated carbocycles. The van der Waals surface area contributed by atoms with E-state index >= 15 is 0 Å². The van der Waals surface area contributed by atoms with Crippen LogP contribution in [0.15, 0.2) is 12.2 Å². The van der Waals surface area contributed by atoms with Crippen LogP contribution in [-0.2, 0) is 9.59 Å². The first kappa shape index (κ1) is 17.2. The van der Waals surface area contributed by atoms with Crippen molar-refractivity contribution in [3.63, 3.8) is 0 Å². The van der Waals surface area contributed by atoms with Crippen LogP contribution in [0.25, 0.3) is 0 Å². The predicted octanol–water partition coefficient (Wildman–Crippen LogP) is 2.06. The second-order valence-corrected chi connectivity index (χ2v) is 6.32. The Labute approximate surface area is 125 Å². The van der Waals surface area contributed by atoms with E-state index in [0.717, 1.165) is 19.3 Å². The molecule has 118 valence electrons. The predicted molar refractivity (Wildman–Crippen MR) is 78.7 cm³/mol. The number of urea groups is 1. The summed E-state index contributed by atoms with van der Waals surface area (Å²) in [5.41, 5.74) is -0.676. The fourth-order valence-electron chi connectivity index (χ4n) is 2.40. The minimum Gasteiger partial charge on any atom is -0.481 e. The molecule has 1 unspecified atom stereocenters. The molecular weight excluding hydrogens is 272 g/mol. The Balaban J connectivity index is 2.28. The lowest BCUT2D eigenvalue weighted by atomic mass is 9.85. The summed E-state index contributed by atoms with van der Waals surface area (Å²) < 4.78 is 0. The molecule has 21 heavy (non-hydrogen) atoms. The molecule has 1 atom stereocenters. The maximum atomic E-state index is 11.7. The van der Waals surface area contributed by atoms with Crippen LogP contribution in [0.4, 0.5) is 4.79 Å². The van der Waals surface area contributed by atoms with Crippen molar-refractivity contribution in [1.82, 2.24) is 10.6 Å². The number of hydrogen-bond acceptors (Lipinski definition) is 3. The first-order valence-corrected chi connectivity index (χ1v) is 7.23. The van der Waals surface area contributed by atoms with Crippen molar-refractivity contribution in [3.05, 3.63) is 12.2 Å². The molecule has 6 heteroatoms. The van der Waals surface area contributed by atoms with Crippen LogP contribution in [0.5, 0.6) is 0 Å². The maximum absolute atomic E-state index is 11.7. The largest absolute Gasteiger partial charge is 0.481 e. The minimum atomic E-state index is -0.956. The lowest BCUT2D eigenvalue weighted by Gasteiger charge is -2.21. The van der Waals surface area contributed by atoms with E-state index < -0.39 is 23.3 Å². The van der Waals surface area contributed by atoms with Crippen molar-refractivity contribution in [3.8, 4) is 0 Å². The molecule has 3 N–H and O–H groups in total. The number of allylic oxidation sites excluding steroid dienone is 2. The van der Waals surface area contributed by atoms with Gasteiger partial charge in [-0.2, -0.15) is 0 Å². The van der Waals surface area contributed by atoms with Crippen molar-refractivity contribution in [1.29, 1.82) is 0 Å². The molecule has 3 amide bonds. The van der Waals surface area contributed by atoms with Crippen LogP contribution >= 0.6 is 0 Å². The van der Waals surface area contributed by atoms with Crippen molar-refractivity contribution in [2.45, 2.75) is 46.0 Å². The standard InChI is InChI=1S/C15H24N2O4/c1-15(2,9-13(19)20)8-12(18)17-14(21)16-10-11-6-4-3-5-7-11/h3-4,11H,5-10H2,1-2H3,(H,19,20)(H2,16,17,18,21). The zero-order chi connectivity index (χ0) is 15.9. The van der Waals surface area contributed by atoms with Gasteiger partial charge in [-0.1, -0.05) is 26.0 Å². The van der Waals surface area contributed by atoms with Crippen LogP contribution in [0.1, 0.15) is 46.0 Å². The molecular formula is C15H24N2O4. The lowest BCUT2D eigenvalue weighted by molar-refractivity contribution is -0.139. The summed E-state index contributed by atoms with van der Waals surface area (Å²) in [5.74, 6) is -0.996. The molecule has 6 nitrogen and oxygen atoms in total. The molecule has 0 aromatic heterocycles. The molecule has 0 bridgehead atoms. The number of carbonyl (C=O) groups is 3. The monoisotopic (exact) mass is 296 g/mol. The summed E-state index contributed by atoms with van der Waals surface area (Å²) in [4.78, 5) is 34.0. The zero-order valence-electron chi connectivity index (χ0n) is 12.6. The summed E-state index contributed by atoms with van der Waals surface area (Å²) in [6, 6.07) is -0.513. The first-order valence-electron chi connectivity index (χ1n) is 7.23. The fourth-order valence-corrected chi connectivity index (χ4v) is 2.40. The molecule has 0 radical (unpaired) electrons. The average molecular weight is 296 g/mol. The summed E-state index contributed by atoms with van der Waals surface area (Å²) in [6.07, 6.45) is 7.12. The normalized spacial score (nSPS) is 18.1. The third kappa shape index (κ3) is 7.48. The number of aliphatic carboxylic acids is 1. The van der Waals surface area contributed by atoms with Gasteiger partial charge in [-0.25, -0.2) is 4.79 Å². The fraction of sp³-hybridized carbons (Fsp3) is 0.667. The number of carbonyl (C=O) groups excluding carboxylic acids is 2. The molecule has 1 aliphatic carbocycles. The Kier molecular flexibility index (Phi) is 6.39. The van der Waals surface area contributed by atoms with E-state index in [0.29, 0.717) is 12.5 Å². The van der Waals surface area contributed by atoms with Gasteiger partial charge < -0.3 is 10.4 Å². The SMILES string of the molecule is CC(C)(CC(=O)O)CC(=O)NC(=O)NCC1CC=CCC1. The summed E-state index contributed by atoms with van der Waals surface area (Å²) >= 11 is 0. The number of carboxylic acids is 1. The Morgan fingerprint density at radius 3 is 2.52 bits per heavy atom. The van der Waals surface area contributed by atoms with E-state index in [-0.39, 0.29) is 12.8 Å². The van der Waals surface area contributed by atoms with Crippen LogP contribution in [-0.4, -0.2) is 29.6 Å². The lowest BCUT2D eigenvalue weighted by Crippen LogP contribution is -2.42. The van der Waals surface area contributed by atoms with Crippen molar-refractivity contribution in [2.24, 2.45) is 11.3 Å². The van der Waals surface area contributed by atoms with Crippen LogP contribution in [0.3, 0.4) is 0 Å². The van der Waals surface area contributed by atoms with Crippen LogP contribution in [0, 0.1) is 11.3 Å². The third-order valence-corrected chi connectivity index (χ3v) is 3.45. The average Bonchev–Trinajstić information content (AvgIpc) is 2.35. The summed E-state index contributed by atoms with van der Waals surface area (Å²) in [5, 5.41) is 13.7. The van der Waals surface area contributed by atoms with Gasteiger partial charge in [0.25, 0.3) is 0 Å². The maximum Gasteiger partial charge on any atom is 0.321 e. The Morgan fingerprint density at radius 2 is 1.95 bits per heavy atom. The van der Waals surface area contributed by atoms with Gasteiger partial charge in [-0.3, -0.25) is 14.9 Å². The Hall–Kier alpha value is -1.85. The van der Waals surface area contributed by atoms with Gasteiger partial charge in [-0.05, 0) is 30.6 Å². The topological polar surface area (TPSA) is 95.5 Å². The van der Waals surface area contributed by atoms with Crippen molar-refractivity contribution in [2.75, 3.05) is 6.54 Å². The van der Waals surface area contributed by atoms with Gasteiger partial charge in [-0.15, -0.1) is 0 Å². The van der Waals surface area contributed by atoms with Gasteiger partial charge in [0.2, 0.25) is 5.91 Å². The molecule has 0 aliphatic heterocycles. The number of nitrogens with one attached hydrogen (secondary N) is 2. The number of hydrogen-bond donors (Lipinski definition) is 3. The van der Waals surface area contributed by atoms with Crippen molar-refractivity contribution >= 4 is 17.9 Å². The van der Waals surface area contributed by atoms with Gasteiger partial charge in [0.1, 0.15) is 0 Å². The number of rotatable bonds is 6. The highest BCUT2D eigenvalue weighted by molar-refractivity contribution is 5.94. The van der Waals surface area contributed by atoms with E-state index in [9.17, 15) is 14.4 Å². The summed E-state index contributed by atoms with van der Waals surface area (Å²) in [7, 11) is 0. The smallest absolute Gasteiger partial charge is 0.321 e. The molecule has 1 rings (SSSR count). The van der Waals surface area contributed by atoms with E-state index in [4.69, 9.17) is 5.11 Å². The highest BCUT2D eigenvalue weighted by Crippen LogP contribution is 2.24. The first-order chi connectivity index (χ1) is 9.78. The summed E-state index contributed by atoms with van der Waals surface area (Å²) in [6.45, 7) is 3.92.